The number of carbonyl (C=O) groups is 1. The number of hydrogen-bond acceptors (Lipinski definition) is 5. The lowest BCUT2D eigenvalue weighted by Gasteiger charge is -2.04. The maximum Gasteiger partial charge on any atom is 0.271 e. The van der Waals surface area contributed by atoms with Gasteiger partial charge in [-0.25, -0.2) is 9.50 Å². The predicted molar refractivity (Wildman–Crippen MR) is 104 cm³/mol. The van der Waals surface area contributed by atoms with Gasteiger partial charge in [-0.2, -0.15) is 15.3 Å². The van der Waals surface area contributed by atoms with Crippen LogP contribution in [0.15, 0.2) is 36.9 Å². The average molecular weight is 399 g/mol. The summed E-state index contributed by atoms with van der Waals surface area (Å²) in [7, 11) is 1.89. The van der Waals surface area contributed by atoms with Crippen LogP contribution in [-0.4, -0.2) is 46.6 Å². The number of carbonyl (C=O) groups excluding carboxylic acids is 1. The van der Waals surface area contributed by atoms with E-state index in [-0.39, 0.29) is 5.91 Å². The number of nitrogens with zero attached hydrogens (tertiary/aromatic N) is 7. The second-order valence-corrected chi connectivity index (χ2v) is 6.86. The molecule has 1 amide bonds. The summed E-state index contributed by atoms with van der Waals surface area (Å²) in [4.78, 5) is 16.8. The lowest BCUT2D eigenvalue weighted by atomic mass is 10.2. The zero-order valence-electron chi connectivity index (χ0n) is 15.5. The fourth-order valence-corrected chi connectivity index (χ4v) is 3.11. The average Bonchev–Trinajstić information content (AvgIpc) is 3.38. The minimum atomic E-state index is -0.238. The first-order chi connectivity index (χ1) is 13.5. The molecule has 10 heteroatoms. The summed E-state index contributed by atoms with van der Waals surface area (Å²) in [5, 5.41) is 16.3. The van der Waals surface area contributed by atoms with Crippen LogP contribution in [0.5, 0.6) is 0 Å². The topological polar surface area (TPSA) is 94.9 Å². The van der Waals surface area contributed by atoms with E-state index in [2.05, 4.69) is 25.6 Å². The van der Waals surface area contributed by atoms with Gasteiger partial charge in [0.2, 0.25) is 0 Å². The van der Waals surface area contributed by atoms with Gasteiger partial charge < -0.3 is 5.32 Å². The molecule has 9 nitrogen and oxygen atoms in total. The van der Waals surface area contributed by atoms with Crippen LogP contribution < -0.4 is 5.32 Å². The molecule has 0 saturated heterocycles. The standard InChI is InChI=1S/C18H19ClN8O/c1-12-14(10-22-25(12)2)16-4-6-20-17-8-15(24-27(16)17)18(28)21-5-3-7-26-11-13(19)9-23-26/h4,6,8-11H,3,5,7H2,1-2H3,(H,21,28). The van der Waals surface area contributed by atoms with Gasteiger partial charge in [0, 0.05) is 49.9 Å². The van der Waals surface area contributed by atoms with Crippen LogP contribution in [0.4, 0.5) is 0 Å². The molecule has 4 rings (SSSR count). The molecule has 0 saturated carbocycles. The SMILES string of the molecule is Cc1c(-c2ccnc3cc(C(=O)NCCCn4cc(Cl)cn4)nn23)cnn1C. The van der Waals surface area contributed by atoms with E-state index in [1.54, 1.807) is 44.7 Å². The number of nitrogens with one attached hydrogen (secondary N) is 1. The highest BCUT2D eigenvalue weighted by molar-refractivity contribution is 6.30. The number of aromatic nitrogens is 7. The maximum absolute atomic E-state index is 12.5. The zero-order valence-corrected chi connectivity index (χ0v) is 16.3. The summed E-state index contributed by atoms with van der Waals surface area (Å²) in [5.41, 5.74) is 3.72. The molecule has 4 aromatic heterocycles. The Morgan fingerprint density at radius 2 is 2.14 bits per heavy atom. The largest absolute Gasteiger partial charge is 0.351 e. The minimum Gasteiger partial charge on any atom is -0.351 e. The maximum atomic E-state index is 12.5. The highest BCUT2D eigenvalue weighted by Crippen LogP contribution is 2.23. The Kier molecular flexibility index (Phi) is 4.82. The Labute approximate surface area is 165 Å². The Bertz CT molecular complexity index is 1140. The van der Waals surface area contributed by atoms with Crippen LogP contribution in [0.2, 0.25) is 5.02 Å². The van der Waals surface area contributed by atoms with Crippen molar-refractivity contribution in [3.63, 3.8) is 0 Å². The van der Waals surface area contributed by atoms with Crippen molar-refractivity contribution in [2.45, 2.75) is 19.9 Å². The molecule has 0 atom stereocenters. The Morgan fingerprint density at radius 1 is 1.29 bits per heavy atom. The lowest BCUT2D eigenvalue weighted by Crippen LogP contribution is -2.25. The molecule has 0 aliphatic rings. The monoisotopic (exact) mass is 398 g/mol. The van der Waals surface area contributed by atoms with Gasteiger partial charge in [-0.15, -0.1) is 0 Å². The summed E-state index contributed by atoms with van der Waals surface area (Å²) in [6.45, 7) is 3.16. The number of hydrogen-bond donors (Lipinski definition) is 1. The van der Waals surface area contributed by atoms with Gasteiger partial charge in [-0.05, 0) is 19.4 Å². The molecule has 4 heterocycles. The Morgan fingerprint density at radius 3 is 2.86 bits per heavy atom. The van der Waals surface area contributed by atoms with E-state index in [0.29, 0.717) is 29.5 Å². The molecule has 0 spiro atoms. The van der Waals surface area contributed by atoms with E-state index in [1.807, 2.05) is 20.0 Å². The quantitative estimate of drug-likeness (QED) is 0.502. The fourth-order valence-electron chi connectivity index (χ4n) is 2.95. The molecule has 1 N–H and O–H groups in total. The number of amides is 1. The second kappa shape index (κ2) is 7.43. The molecular weight excluding hydrogens is 380 g/mol. The third-order valence-corrected chi connectivity index (χ3v) is 4.75. The van der Waals surface area contributed by atoms with Gasteiger partial charge in [0.25, 0.3) is 5.91 Å². The van der Waals surface area contributed by atoms with E-state index < -0.39 is 0 Å². The van der Waals surface area contributed by atoms with Crippen LogP contribution in [0.25, 0.3) is 16.9 Å². The van der Waals surface area contributed by atoms with Gasteiger partial charge in [-0.3, -0.25) is 14.2 Å². The first-order valence-corrected chi connectivity index (χ1v) is 9.20. The predicted octanol–water partition coefficient (Wildman–Crippen LogP) is 2.11. The van der Waals surface area contributed by atoms with Crippen molar-refractivity contribution in [3.8, 4) is 11.3 Å². The fraction of sp³-hybridized carbons (Fsp3) is 0.278. The van der Waals surface area contributed by atoms with Gasteiger partial charge in [0.1, 0.15) is 0 Å². The third kappa shape index (κ3) is 3.48. The van der Waals surface area contributed by atoms with Crippen molar-refractivity contribution in [3.05, 3.63) is 53.3 Å². The summed E-state index contributed by atoms with van der Waals surface area (Å²) in [6.07, 6.45) is 7.56. The molecule has 0 bridgehead atoms. The number of aryl methyl sites for hydroxylation is 2. The van der Waals surface area contributed by atoms with Crippen LogP contribution in [0.1, 0.15) is 22.6 Å². The normalized spacial score (nSPS) is 11.2. The van der Waals surface area contributed by atoms with Gasteiger partial charge in [0.05, 0.1) is 23.1 Å². The summed E-state index contributed by atoms with van der Waals surface area (Å²) in [5.74, 6) is -0.238. The molecule has 0 aliphatic carbocycles. The van der Waals surface area contributed by atoms with E-state index in [4.69, 9.17) is 11.6 Å². The van der Waals surface area contributed by atoms with Crippen molar-refractivity contribution < 1.29 is 4.79 Å². The highest BCUT2D eigenvalue weighted by atomic mass is 35.5. The van der Waals surface area contributed by atoms with Gasteiger partial charge in [0.15, 0.2) is 11.3 Å². The molecular formula is C18H19ClN8O. The van der Waals surface area contributed by atoms with Crippen molar-refractivity contribution in [2.24, 2.45) is 7.05 Å². The molecule has 144 valence electrons. The Balaban J connectivity index is 1.47. The minimum absolute atomic E-state index is 0.238. The van der Waals surface area contributed by atoms with Gasteiger partial charge in [-0.1, -0.05) is 11.6 Å². The van der Waals surface area contributed by atoms with E-state index in [0.717, 1.165) is 23.4 Å². The molecule has 0 unspecified atom stereocenters. The van der Waals surface area contributed by atoms with E-state index >= 15 is 0 Å². The molecule has 28 heavy (non-hydrogen) atoms. The van der Waals surface area contributed by atoms with E-state index in [9.17, 15) is 4.79 Å². The molecule has 0 radical (unpaired) electrons. The van der Waals surface area contributed by atoms with Crippen molar-refractivity contribution >= 4 is 23.2 Å². The Hall–Kier alpha value is -3.20. The van der Waals surface area contributed by atoms with Crippen LogP contribution in [-0.2, 0) is 13.6 Å². The molecule has 4 aromatic rings. The third-order valence-electron chi connectivity index (χ3n) is 4.55. The van der Waals surface area contributed by atoms with Crippen molar-refractivity contribution in [1.29, 1.82) is 0 Å². The first-order valence-electron chi connectivity index (χ1n) is 8.83. The number of rotatable bonds is 6. The van der Waals surface area contributed by atoms with E-state index in [1.165, 1.54) is 0 Å². The molecule has 0 aliphatic heterocycles. The van der Waals surface area contributed by atoms with Crippen molar-refractivity contribution in [2.75, 3.05) is 6.54 Å². The van der Waals surface area contributed by atoms with Gasteiger partial charge >= 0.3 is 0 Å². The zero-order chi connectivity index (χ0) is 19.7. The molecule has 0 fully saturated rings. The van der Waals surface area contributed by atoms with Crippen LogP contribution >= 0.6 is 11.6 Å². The number of halogens is 1. The van der Waals surface area contributed by atoms with Crippen LogP contribution in [0, 0.1) is 6.92 Å². The van der Waals surface area contributed by atoms with Crippen LogP contribution in [0.3, 0.4) is 0 Å². The number of fused-ring (bicyclic) bond motifs is 1. The lowest BCUT2D eigenvalue weighted by molar-refractivity contribution is 0.0947. The second-order valence-electron chi connectivity index (χ2n) is 6.43. The highest BCUT2D eigenvalue weighted by Gasteiger charge is 2.16. The summed E-state index contributed by atoms with van der Waals surface area (Å²) in [6, 6.07) is 3.54. The molecule has 0 aromatic carbocycles. The van der Waals surface area contributed by atoms with Crippen molar-refractivity contribution in [1.82, 2.24) is 39.5 Å². The summed E-state index contributed by atoms with van der Waals surface area (Å²) < 4.78 is 5.21. The first kappa shape index (κ1) is 18.2. The smallest absolute Gasteiger partial charge is 0.271 e. The summed E-state index contributed by atoms with van der Waals surface area (Å²) >= 11 is 5.84.